The van der Waals surface area contributed by atoms with Crippen LogP contribution in [-0.4, -0.2) is 35.7 Å². The van der Waals surface area contributed by atoms with Crippen molar-refractivity contribution in [1.82, 2.24) is 4.90 Å². The van der Waals surface area contributed by atoms with Crippen LogP contribution in [-0.2, 0) is 4.74 Å². The summed E-state index contributed by atoms with van der Waals surface area (Å²) in [4.78, 5) is 13.5. The molecule has 88 valence electrons. The number of ether oxygens (including phenoxy) is 1. The van der Waals surface area contributed by atoms with Crippen molar-refractivity contribution in [2.45, 2.75) is 45.8 Å². The first-order valence-electron chi connectivity index (χ1n) is 5.53. The molecule has 0 radical (unpaired) electrons. The van der Waals surface area contributed by atoms with E-state index in [1.165, 1.54) is 0 Å². The molecule has 0 spiro atoms. The van der Waals surface area contributed by atoms with Crippen molar-refractivity contribution in [3.05, 3.63) is 0 Å². The minimum Gasteiger partial charge on any atom is -0.444 e. The highest BCUT2D eigenvalue weighted by atomic mass is 16.6. The first-order chi connectivity index (χ1) is 6.79. The number of amides is 1. The Labute approximate surface area is 91.8 Å². The molecule has 0 aromatic rings. The average Bonchev–Trinajstić information content (AvgIpc) is 2.06. The molecular formula is C11H22N2O2. The fourth-order valence-corrected chi connectivity index (χ4v) is 1.66. The fraction of sp³-hybridized carbons (Fsp3) is 0.909. The number of hydrogen-bond donors (Lipinski definition) is 1. The van der Waals surface area contributed by atoms with Crippen molar-refractivity contribution >= 4 is 6.09 Å². The molecule has 1 fully saturated rings. The summed E-state index contributed by atoms with van der Waals surface area (Å²) in [6.45, 7) is 9.12. The van der Waals surface area contributed by atoms with Gasteiger partial charge < -0.3 is 15.4 Å². The van der Waals surface area contributed by atoms with E-state index in [0.29, 0.717) is 19.0 Å². The summed E-state index contributed by atoms with van der Waals surface area (Å²) in [5.41, 5.74) is 5.47. The van der Waals surface area contributed by atoms with Gasteiger partial charge in [0.1, 0.15) is 5.60 Å². The van der Waals surface area contributed by atoms with Gasteiger partial charge in [0.2, 0.25) is 0 Å². The molecule has 1 aliphatic heterocycles. The van der Waals surface area contributed by atoms with Gasteiger partial charge in [0.25, 0.3) is 0 Å². The summed E-state index contributed by atoms with van der Waals surface area (Å²) in [5.74, 6) is 0.353. The Morgan fingerprint density at radius 1 is 1.47 bits per heavy atom. The number of nitrogens with two attached hydrogens (primary N) is 1. The number of nitrogens with zero attached hydrogens (tertiary/aromatic N) is 1. The largest absolute Gasteiger partial charge is 0.444 e. The van der Waals surface area contributed by atoms with Crippen LogP contribution < -0.4 is 5.73 Å². The molecule has 1 heterocycles. The third kappa shape index (κ3) is 3.70. The molecule has 1 aliphatic rings. The monoisotopic (exact) mass is 214 g/mol. The number of rotatable bonds is 0. The van der Waals surface area contributed by atoms with Crippen molar-refractivity contribution in [3.8, 4) is 0 Å². The van der Waals surface area contributed by atoms with Crippen LogP contribution in [0.15, 0.2) is 0 Å². The van der Waals surface area contributed by atoms with Crippen LogP contribution in [0.25, 0.3) is 0 Å². The van der Waals surface area contributed by atoms with Crippen LogP contribution in [0.3, 0.4) is 0 Å². The maximum atomic E-state index is 11.7. The molecular weight excluding hydrogens is 192 g/mol. The Hall–Kier alpha value is -0.770. The molecule has 1 amide bonds. The van der Waals surface area contributed by atoms with Gasteiger partial charge in [0.05, 0.1) is 0 Å². The highest BCUT2D eigenvalue weighted by molar-refractivity contribution is 5.68. The van der Waals surface area contributed by atoms with Crippen LogP contribution in [0.1, 0.15) is 34.1 Å². The summed E-state index contributed by atoms with van der Waals surface area (Å²) < 4.78 is 5.31. The van der Waals surface area contributed by atoms with E-state index in [1.807, 2.05) is 20.8 Å². The van der Waals surface area contributed by atoms with Crippen molar-refractivity contribution in [1.29, 1.82) is 0 Å². The zero-order valence-electron chi connectivity index (χ0n) is 10.1. The van der Waals surface area contributed by atoms with Crippen LogP contribution in [0.5, 0.6) is 0 Å². The van der Waals surface area contributed by atoms with E-state index in [1.54, 1.807) is 4.90 Å². The van der Waals surface area contributed by atoms with Gasteiger partial charge in [-0.2, -0.15) is 0 Å². The van der Waals surface area contributed by atoms with E-state index < -0.39 is 5.60 Å². The Morgan fingerprint density at radius 2 is 2.07 bits per heavy atom. The predicted octanol–water partition coefficient (Wildman–Crippen LogP) is 1.59. The van der Waals surface area contributed by atoms with Crippen LogP contribution in [0.4, 0.5) is 4.79 Å². The molecule has 2 N–H and O–H groups in total. The van der Waals surface area contributed by atoms with Gasteiger partial charge in [0.15, 0.2) is 0 Å². The van der Waals surface area contributed by atoms with Gasteiger partial charge >= 0.3 is 6.09 Å². The molecule has 0 aromatic carbocycles. The van der Waals surface area contributed by atoms with E-state index in [2.05, 4.69) is 6.92 Å². The van der Waals surface area contributed by atoms with Gasteiger partial charge in [-0.3, -0.25) is 0 Å². The summed E-state index contributed by atoms with van der Waals surface area (Å²) in [5, 5.41) is 0. The minimum atomic E-state index is -0.417. The van der Waals surface area contributed by atoms with Crippen LogP contribution in [0.2, 0.25) is 0 Å². The van der Waals surface area contributed by atoms with E-state index in [-0.39, 0.29) is 12.1 Å². The zero-order chi connectivity index (χ0) is 11.6. The Balaban J connectivity index is 2.48. The number of carbonyl (C=O) groups excluding carboxylic acids is 1. The van der Waals surface area contributed by atoms with E-state index in [0.717, 1.165) is 6.42 Å². The van der Waals surface area contributed by atoms with Gasteiger partial charge in [-0.1, -0.05) is 6.92 Å². The Kier molecular flexibility index (Phi) is 3.60. The standard InChI is InChI=1S/C11H22N2O2/c1-8-7-13(6-5-9(8)12)10(14)15-11(2,3)4/h8-9H,5-7,12H2,1-4H3/t8-,9-/m0/s1. The molecule has 0 unspecified atom stereocenters. The minimum absolute atomic E-state index is 0.212. The number of likely N-dealkylation sites (tertiary alicyclic amines) is 1. The molecule has 1 rings (SSSR count). The zero-order valence-corrected chi connectivity index (χ0v) is 10.1. The van der Waals surface area contributed by atoms with Crippen LogP contribution in [0, 0.1) is 5.92 Å². The van der Waals surface area contributed by atoms with Crippen molar-refractivity contribution in [3.63, 3.8) is 0 Å². The highest BCUT2D eigenvalue weighted by Crippen LogP contribution is 2.17. The Morgan fingerprint density at radius 3 is 2.53 bits per heavy atom. The van der Waals surface area contributed by atoms with Crippen molar-refractivity contribution < 1.29 is 9.53 Å². The van der Waals surface area contributed by atoms with Crippen LogP contribution >= 0.6 is 0 Å². The number of carbonyl (C=O) groups is 1. The SMILES string of the molecule is C[C@H]1CN(C(=O)OC(C)(C)C)CC[C@@H]1N. The predicted molar refractivity (Wildman–Crippen MR) is 59.6 cm³/mol. The van der Waals surface area contributed by atoms with E-state index >= 15 is 0 Å². The van der Waals surface area contributed by atoms with Gasteiger partial charge in [-0.05, 0) is 33.1 Å². The quantitative estimate of drug-likeness (QED) is 0.666. The molecule has 0 aliphatic carbocycles. The third-order valence-corrected chi connectivity index (χ3v) is 2.62. The molecule has 4 nitrogen and oxygen atoms in total. The topological polar surface area (TPSA) is 55.6 Å². The second-order valence-electron chi connectivity index (χ2n) is 5.36. The molecule has 1 saturated heterocycles. The lowest BCUT2D eigenvalue weighted by Gasteiger charge is -2.35. The van der Waals surface area contributed by atoms with Crippen molar-refractivity contribution in [2.24, 2.45) is 11.7 Å². The summed E-state index contributed by atoms with van der Waals surface area (Å²) in [6.07, 6.45) is 0.640. The van der Waals surface area contributed by atoms with Gasteiger partial charge in [0, 0.05) is 19.1 Å². The molecule has 0 saturated carbocycles. The van der Waals surface area contributed by atoms with Gasteiger partial charge in [-0.15, -0.1) is 0 Å². The number of hydrogen-bond acceptors (Lipinski definition) is 3. The maximum Gasteiger partial charge on any atom is 0.410 e. The van der Waals surface area contributed by atoms with E-state index in [4.69, 9.17) is 10.5 Å². The third-order valence-electron chi connectivity index (χ3n) is 2.62. The second-order valence-corrected chi connectivity index (χ2v) is 5.36. The fourth-order valence-electron chi connectivity index (χ4n) is 1.66. The number of piperidine rings is 1. The first kappa shape index (κ1) is 12.3. The Bertz CT molecular complexity index is 235. The highest BCUT2D eigenvalue weighted by Gasteiger charge is 2.29. The van der Waals surface area contributed by atoms with Gasteiger partial charge in [-0.25, -0.2) is 4.79 Å². The maximum absolute atomic E-state index is 11.7. The summed E-state index contributed by atoms with van der Waals surface area (Å²) >= 11 is 0. The van der Waals surface area contributed by atoms with E-state index in [9.17, 15) is 4.79 Å². The van der Waals surface area contributed by atoms with Crippen molar-refractivity contribution in [2.75, 3.05) is 13.1 Å². The second kappa shape index (κ2) is 4.39. The first-order valence-corrected chi connectivity index (χ1v) is 5.53. The summed E-state index contributed by atoms with van der Waals surface area (Å²) in [7, 11) is 0. The molecule has 0 aromatic heterocycles. The molecule has 2 atom stereocenters. The normalized spacial score (nSPS) is 27.7. The smallest absolute Gasteiger partial charge is 0.410 e. The molecule has 15 heavy (non-hydrogen) atoms. The lowest BCUT2D eigenvalue weighted by Crippen LogP contribution is -2.49. The summed E-state index contributed by atoms with van der Waals surface area (Å²) in [6, 6.07) is 0.212. The average molecular weight is 214 g/mol. The lowest BCUT2D eigenvalue weighted by molar-refractivity contribution is 0.0158. The molecule has 4 heteroatoms. The molecule has 0 bridgehead atoms. The lowest BCUT2D eigenvalue weighted by atomic mass is 9.95.